The van der Waals surface area contributed by atoms with Crippen LogP contribution in [-0.4, -0.2) is 27.6 Å². The fourth-order valence-corrected chi connectivity index (χ4v) is 11.6. The molecule has 4 heteroatoms. The molecule has 0 bridgehead atoms. The molecule has 34 heavy (non-hydrogen) atoms. The molecule has 0 aromatic rings. The highest BCUT2D eigenvalue weighted by Crippen LogP contribution is 2.77. The van der Waals surface area contributed by atoms with Crippen molar-refractivity contribution in [2.24, 2.45) is 56.7 Å². The molecule has 0 saturated heterocycles. The van der Waals surface area contributed by atoms with Gasteiger partial charge in [0.15, 0.2) is 0 Å². The summed E-state index contributed by atoms with van der Waals surface area (Å²) in [5, 5.41) is 21.7. The highest BCUT2D eigenvalue weighted by atomic mass is 16.4. The maximum Gasteiger partial charge on any atom is 0.309 e. The van der Waals surface area contributed by atoms with E-state index >= 15 is 0 Å². The van der Waals surface area contributed by atoms with E-state index in [9.17, 15) is 19.8 Å². The molecule has 0 aromatic heterocycles. The largest absolute Gasteiger partial charge is 0.481 e. The smallest absolute Gasteiger partial charge is 0.309 e. The van der Waals surface area contributed by atoms with E-state index in [0.29, 0.717) is 36.4 Å². The van der Waals surface area contributed by atoms with Crippen molar-refractivity contribution < 1.29 is 19.8 Å². The van der Waals surface area contributed by atoms with Crippen LogP contribution in [0.3, 0.4) is 0 Å². The number of carboxylic acid groups (broad SMARTS) is 1. The van der Waals surface area contributed by atoms with Gasteiger partial charge in [-0.15, -0.1) is 0 Å². The maximum absolute atomic E-state index is 12.9. The number of carbonyl (C=O) groups excluding carboxylic acids is 1. The number of hydrogen-bond acceptors (Lipinski definition) is 3. The van der Waals surface area contributed by atoms with Gasteiger partial charge in [0.05, 0.1) is 11.0 Å². The SMILES string of the molecule is CC(C)(O)[C@@H]1CC[C@]2(C(=O)O)CC[C@]3(C)[C@H](CC[C@@H]4[C@@]5(C)CCC(=O)C(C)(C)[C@@H]5CC[C@]43C)[C@@H]12. The number of ketones is 1. The van der Waals surface area contributed by atoms with Gasteiger partial charge in [0, 0.05) is 11.8 Å². The molecular weight excluding hydrogens is 424 g/mol. The summed E-state index contributed by atoms with van der Waals surface area (Å²) in [4.78, 5) is 25.7. The molecule has 2 N–H and O–H groups in total. The molecule has 0 heterocycles. The minimum atomic E-state index is -0.852. The van der Waals surface area contributed by atoms with Gasteiger partial charge >= 0.3 is 5.97 Å². The van der Waals surface area contributed by atoms with Crippen LogP contribution in [0, 0.1) is 56.7 Å². The number of aliphatic carboxylic acids is 1. The fourth-order valence-electron chi connectivity index (χ4n) is 11.6. The van der Waals surface area contributed by atoms with Gasteiger partial charge in [0.25, 0.3) is 0 Å². The molecule has 5 rings (SSSR count). The van der Waals surface area contributed by atoms with Gasteiger partial charge in [-0.2, -0.15) is 0 Å². The van der Waals surface area contributed by atoms with Crippen molar-refractivity contribution in [2.75, 3.05) is 0 Å². The topological polar surface area (TPSA) is 74.6 Å². The van der Waals surface area contributed by atoms with Gasteiger partial charge in [-0.3, -0.25) is 9.59 Å². The van der Waals surface area contributed by atoms with Crippen LogP contribution in [0.15, 0.2) is 0 Å². The van der Waals surface area contributed by atoms with Crippen LogP contribution in [0.25, 0.3) is 0 Å². The Hall–Kier alpha value is -0.900. The quantitative estimate of drug-likeness (QED) is 0.481. The molecule has 5 aliphatic rings. The lowest BCUT2D eigenvalue weighted by molar-refractivity contribution is -0.240. The normalized spacial score (nSPS) is 52.2. The third kappa shape index (κ3) is 2.81. The molecule has 0 aliphatic heterocycles. The van der Waals surface area contributed by atoms with Crippen molar-refractivity contribution in [2.45, 2.75) is 118 Å². The van der Waals surface area contributed by atoms with E-state index in [1.54, 1.807) is 0 Å². The second-order valence-corrected chi connectivity index (χ2v) is 15.1. The van der Waals surface area contributed by atoms with Crippen LogP contribution in [0.1, 0.15) is 113 Å². The first kappa shape index (κ1) is 24.8. The maximum atomic E-state index is 12.9. The van der Waals surface area contributed by atoms with Gasteiger partial charge in [-0.25, -0.2) is 0 Å². The molecule has 0 spiro atoms. The zero-order valence-corrected chi connectivity index (χ0v) is 22.7. The van der Waals surface area contributed by atoms with Crippen LogP contribution < -0.4 is 0 Å². The van der Waals surface area contributed by atoms with E-state index in [0.717, 1.165) is 51.4 Å². The minimum Gasteiger partial charge on any atom is -0.481 e. The number of carbonyl (C=O) groups is 2. The fraction of sp³-hybridized carbons (Fsp3) is 0.933. The number of carboxylic acids is 1. The Morgan fingerprint density at radius 1 is 0.853 bits per heavy atom. The predicted molar refractivity (Wildman–Crippen MR) is 133 cm³/mol. The summed E-state index contributed by atoms with van der Waals surface area (Å²) in [5.41, 5.74) is -1.37. The van der Waals surface area contributed by atoms with Crippen molar-refractivity contribution in [3.63, 3.8) is 0 Å². The van der Waals surface area contributed by atoms with Gasteiger partial charge in [-0.05, 0) is 117 Å². The molecule has 0 aromatic carbocycles. The summed E-state index contributed by atoms with van der Waals surface area (Å²) in [7, 11) is 0. The second kappa shape index (κ2) is 7.11. The van der Waals surface area contributed by atoms with Gasteiger partial charge in [0.1, 0.15) is 5.78 Å². The Bertz CT molecular complexity index is 900. The molecule has 5 saturated carbocycles. The Morgan fingerprint density at radius 2 is 1.53 bits per heavy atom. The van der Waals surface area contributed by atoms with Crippen molar-refractivity contribution >= 4 is 11.8 Å². The molecular formula is C30H48O4. The molecule has 0 radical (unpaired) electrons. The summed E-state index contributed by atoms with van der Waals surface area (Å²) in [5.74, 6) is 1.28. The van der Waals surface area contributed by atoms with Crippen molar-refractivity contribution in [1.82, 2.24) is 0 Å². The minimum absolute atomic E-state index is 0.0477. The second-order valence-electron chi connectivity index (χ2n) is 15.1. The lowest BCUT2D eigenvalue weighted by atomic mass is 9.32. The zero-order valence-electron chi connectivity index (χ0n) is 22.7. The van der Waals surface area contributed by atoms with Crippen LogP contribution in [-0.2, 0) is 9.59 Å². The van der Waals surface area contributed by atoms with Crippen molar-refractivity contribution in [3.05, 3.63) is 0 Å². The van der Waals surface area contributed by atoms with E-state index in [2.05, 4.69) is 34.6 Å². The zero-order chi connectivity index (χ0) is 25.1. The standard InChI is InChI=1S/C30H48O4/c1-25(2)20-11-14-29(7)21(27(20,5)13-12-22(25)31)9-8-19-23-18(26(3,4)34)10-15-30(23,24(32)33)17-16-28(19,29)6/h18-21,23,34H,8-17H2,1-7H3,(H,32,33)/t18-,19-,20+,21-,23-,27+,28-,29-,30+/m1/s1. The van der Waals surface area contributed by atoms with Gasteiger partial charge in [-0.1, -0.05) is 34.6 Å². The van der Waals surface area contributed by atoms with Gasteiger partial charge < -0.3 is 10.2 Å². The van der Waals surface area contributed by atoms with E-state index in [-0.39, 0.29) is 33.5 Å². The number of hydrogen-bond donors (Lipinski definition) is 2. The van der Waals surface area contributed by atoms with Crippen LogP contribution >= 0.6 is 0 Å². The van der Waals surface area contributed by atoms with Crippen LogP contribution in [0.5, 0.6) is 0 Å². The molecule has 4 nitrogen and oxygen atoms in total. The summed E-state index contributed by atoms with van der Waals surface area (Å²) >= 11 is 0. The number of rotatable bonds is 2. The Kier molecular flexibility index (Phi) is 5.18. The van der Waals surface area contributed by atoms with E-state index in [1.165, 1.54) is 0 Å². The van der Waals surface area contributed by atoms with Gasteiger partial charge in [0.2, 0.25) is 0 Å². The first-order chi connectivity index (χ1) is 15.6. The number of Topliss-reactive ketones (excluding diaryl/α,β-unsaturated/α-hetero) is 1. The van der Waals surface area contributed by atoms with Crippen molar-refractivity contribution in [1.29, 1.82) is 0 Å². The lowest BCUT2D eigenvalue weighted by Gasteiger charge is -2.72. The Balaban J connectivity index is 1.58. The highest BCUT2D eigenvalue weighted by Gasteiger charge is 2.72. The monoisotopic (exact) mass is 472 g/mol. The molecule has 0 amide bonds. The summed E-state index contributed by atoms with van der Waals surface area (Å²) in [6.45, 7) is 15.7. The first-order valence-electron chi connectivity index (χ1n) is 14.0. The predicted octanol–water partition coefficient (Wildman–Crippen LogP) is 6.49. The third-order valence-corrected chi connectivity index (χ3v) is 13.5. The van der Waals surface area contributed by atoms with Crippen LogP contribution in [0.2, 0.25) is 0 Å². The third-order valence-electron chi connectivity index (χ3n) is 13.5. The molecule has 0 unspecified atom stereocenters. The summed E-state index contributed by atoms with van der Waals surface area (Å²) in [6, 6.07) is 0. The van der Waals surface area contributed by atoms with E-state index in [4.69, 9.17) is 0 Å². The van der Waals surface area contributed by atoms with Crippen LogP contribution in [0.4, 0.5) is 0 Å². The lowest BCUT2D eigenvalue weighted by Crippen LogP contribution is -2.67. The molecule has 5 aliphatic carbocycles. The highest BCUT2D eigenvalue weighted by molar-refractivity contribution is 5.85. The number of fused-ring (bicyclic) bond motifs is 7. The molecule has 192 valence electrons. The molecule has 5 fully saturated rings. The van der Waals surface area contributed by atoms with E-state index in [1.807, 2.05) is 13.8 Å². The molecule has 9 atom stereocenters. The Labute approximate surface area is 206 Å². The summed E-state index contributed by atoms with van der Waals surface area (Å²) < 4.78 is 0. The average Bonchev–Trinajstić information content (AvgIpc) is 3.13. The summed E-state index contributed by atoms with van der Waals surface area (Å²) in [6.07, 6.45) is 9.43. The van der Waals surface area contributed by atoms with E-state index < -0.39 is 17.0 Å². The number of aliphatic hydroxyl groups is 1. The Morgan fingerprint density at radius 3 is 2.15 bits per heavy atom. The van der Waals surface area contributed by atoms with Crippen molar-refractivity contribution in [3.8, 4) is 0 Å². The average molecular weight is 473 g/mol. The first-order valence-corrected chi connectivity index (χ1v) is 14.0.